The SMILES string of the molecule is C=C(C)CN=C(N)NCCCCOCc1ccccc1. The number of aliphatic imine (C=N–C) groups is 1. The topological polar surface area (TPSA) is 59.6 Å². The van der Waals surface area contributed by atoms with Crippen LogP contribution < -0.4 is 11.1 Å². The molecular weight excluding hydrogens is 250 g/mol. The zero-order chi connectivity index (χ0) is 14.6. The Labute approximate surface area is 121 Å². The van der Waals surface area contributed by atoms with E-state index in [1.807, 2.05) is 25.1 Å². The first-order valence-electron chi connectivity index (χ1n) is 6.98. The van der Waals surface area contributed by atoms with Gasteiger partial charge < -0.3 is 15.8 Å². The highest BCUT2D eigenvalue weighted by Gasteiger charge is 1.94. The van der Waals surface area contributed by atoms with Crippen molar-refractivity contribution in [2.75, 3.05) is 19.7 Å². The van der Waals surface area contributed by atoms with Crippen LogP contribution in [0.25, 0.3) is 0 Å². The molecule has 0 heterocycles. The van der Waals surface area contributed by atoms with Gasteiger partial charge in [0.1, 0.15) is 0 Å². The molecule has 0 unspecified atom stereocenters. The molecule has 0 radical (unpaired) electrons. The maximum Gasteiger partial charge on any atom is 0.188 e. The molecule has 0 amide bonds. The van der Waals surface area contributed by atoms with Crippen LogP contribution in [0.1, 0.15) is 25.3 Å². The summed E-state index contributed by atoms with van der Waals surface area (Å²) in [6.45, 7) is 8.55. The van der Waals surface area contributed by atoms with E-state index in [1.54, 1.807) is 0 Å². The van der Waals surface area contributed by atoms with E-state index in [9.17, 15) is 0 Å². The Morgan fingerprint density at radius 2 is 2.05 bits per heavy atom. The number of benzene rings is 1. The van der Waals surface area contributed by atoms with Crippen molar-refractivity contribution in [3.63, 3.8) is 0 Å². The molecule has 1 aromatic carbocycles. The number of ether oxygens (including phenoxy) is 1. The number of hydrogen-bond acceptors (Lipinski definition) is 2. The van der Waals surface area contributed by atoms with Crippen LogP contribution in [-0.2, 0) is 11.3 Å². The van der Waals surface area contributed by atoms with Crippen LogP contribution in [0.5, 0.6) is 0 Å². The Morgan fingerprint density at radius 3 is 2.75 bits per heavy atom. The Hall–Kier alpha value is -1.81. The maximum atomic E-state index is 5.71. The number of rotatable bonds is 9. The third-order valence-electron chi connectivity index (χ3n) is 2.65. The molecule has 0 aromatic heterocycles. The van der Waals surface area contributed by atoms with Gasteiger partial charge >= 0.3 is 0 Å². The molecule has 4 heteroatoms. The molecular formula is C16H25N3O. The molecule has 110 valence electrons. The lowest BCUT2D eigenvalue weighted by Crippen LogP contribution is -2.32. The third kappa shape index (κ3) is 8.32. The normalized spacial score (nSPS) is 11.3. The molecule has 0 atom stereocenters. The van der Waals surface area contributed by atoms with Gasteiger partial charge in [0.25, 0.3) is 0 Å². The smallest absolute Gasteiger partial charge is 0.188 e. The number of nitrogens with two attached hydrogens (primary N) is 1. The van der Waals surface area contributed by atoms with Gasteiger partial charge in [0.2, 0.25) is 0 Å². The fourth-order valence-electron chi connectivity index (χ4n) is 1.59. The maximum absolute atomic E-state index is 5.71. The summed E-state index contributed by atoms with van der Waals surface area (Å²) in [4.78, 5) is 4.15. The van der Waals surface area contributed by atoms with Crippen molar-refractivity contribution in [2.45, 2.75) is 26.4 Å². The summed E-state index contributed by atoms with van der Waals surface area (Å²) in [5.74, 6) is 0.484. The summed E-state index contributed by atoms with van der Waals surface area (Å²) in [7, 11) is 0. The zero-order valence-electron chi connectivity index (χ0n) is 12.3. The molecule has 4 nitrogen and oxygen atoms in total. The lowest BCUT2D eigenvalue weighted by molar-refractivity contribution is 0.117. The lowest BCUT2D eigenvalue weighted by atomic mass is 10.2. The molecule has 0 aliphatic heterocycles. The van der Waals surface area contributed by atoms with Crippen molar-refractivity contribution in [3.8, 4) is 0 Å². The fourth-order valence-corrected chi connectivity index (χ4v) is 1.59. The molecule has 0 aliphatic rings. The molecule has 20 heavy (non-hydrogen) atoms. The van der Waals surface area contributed by atoms with Crippen LogP contribution in [-0.4, -0.2) is 25.7 Å². The number of guanidine groups is 1. The number of unbranched alkanes of at least 4 members (excludes halogenated alkanes) is 1. The van der Waals surface area contributed by atoms with E-state index in [-0.39, 0.29) is 0 Å². The fraction of sp³-hybridized carbons (Fsp3) is 0.438. The predicted molar refractivity (Wildman–Crippen MR) is 84.6 cm³/mol. The number of hydrogen-bond donors (Lipinski definition) is 2. The van der Waals surface area contributed by atoms with Crippen LogP contribution in [0.2, 0.25) is 0 Å². The van der Waals surface area contributed by atoms with E-state index in [1.165, 1.54) is 5.56 Å². The van der Waals surface area contributed by atoms with E-state index in [4.69, 9.17) is 10.5 Å². The summed E-state index contributed by atoms with van der Waals surface area (Å²) in [5.41, 5.74) is 7.92. The summed E-state index contributed by atoms with van der Waals surface area (Å²) in [6.07, 6.45) is 2.02. The van der Waals surface area contributed by atoms with Crippen molar-refractivity contribution in [1.29, 1.82) is 0 Å². The molecule has 0 saturated heterocycles. The molecule has 0 fully saturated rings. The van der Waals surface area contributed by atoms with Crippen LogP contribution in [0.4, 0.5) is 0 Å². The second-order valence-corrected chi connectivity index (χ2v) is 4.83. The summed E-state index contributed by atoms with van der Waals surface area (Å²) < 4.78 is 5.60. The van der Waals surface area contributed by atoms with Crippen LogP contribution in [0.3, 0.4) is 0 Å². The van der Waals surface area contributed by atoms with Gasteiger partial charge in [-0.2, -0.15) is 0 Å². The molecule has 1 rings (SSSR count). The molecule has 3 N–H and O–H groups in total. The highest BCUT2D eigenvalue weighted by molar-refractivity contribution is 5.77. The van der Waals surface area contributed by atoms with E-state index >= 15 is 0 Å². The van der Waals surface area contributed by atoms with Crippen molar-refractivity contribution in [3.05, 3.63) is 48.0 Å². The van der Waals surface area contributed by atoms with Crippen molar-refractivity contribution in [1.82, 2.24) is 5.32 Å². The Balaban J connectivity index is 1.97. The minimum atomic E-state index is 0.484. The first-order chi connectivity index (χ1) is 9.68. The predicted octanol–water partition coefficient (Wildman–Crippen LogP) is 2.46. The van der Waals surface area contributed by atoms with Gasteiger partial charge in [-0.15, -0.1) is 0 Å². The van der Waals surface area contributed by atoms with Crippen molar-refractivity contribution in [2.24, 2.45) is 10.7 Å². The standard InChI is InChI=1S/C16H25N3O/c1-14(2)12-19-16(17)18-10-6-7-11-20-13-15-8-4-3-5-9-15/h3-5,8-9H,1,6-7,10-13H2,2H3,(H3,17,18,19). The molecule has 0 spiro atoms. The largest absolute Gasteiger partial charge is 0.377 e. The van der Waals surface area contributed by atoms with Gasteiger partial charge in [-0.3, -0.25) is 0 Å². The van der Waals surface area contributed by atoms with E-state index < -0.39 is 0 Å². The van der Waals surface area contributed by atoms with E-state index in [2.05, 4.69) is 29.0 Å². The minimum absolute atomic E-state index is 0.484. The average molecular weight is 275 g/mol. The van der Waals surface area contributed by atoms with Gasteiger partial charge in [-0.1, -0.05) is 42.5 Å². The first-order valence-corrected chi connectivity index (χ1v) is 6.98. The van der Waals surface area contributed by atoms with Crippen LogP contribution in [0, 0.1) is 0 Å². The Morgan fingerprint density at radius 1 is 1.30 bits per heavy atom. The van der Waals surface area contributed by atoms with Crippen LogP contribution >= 0.6 is 0 Å². The highest BCUT2D eigenvalue weighted by atomic mass is 16.5. The highest BCUT2D eigenvalue weighted by Crippen LogP contribution is 2.01. The summed E-state index contributed by atoms with van der Waals surface area (Å²) >= 11 is 0. The van der Waals surface area contributed by atoms with Gasteiger partial charge in [-0.25, -0.2) is 4.99 Å². The van der Waals surface area contributed by atoms with E-state index in [0.29, 0.717) is 19.1 Å². The van der Waals surface area contributed by atoms with Crippen molar-refractivity contribution >= 4 is 5.96 Å². The number of nitrogens with zero attached hydrogens (tertiary/aromatic N) is 1. The lowest BCUT2D eigenvalue weighted by Gasteiger charge is -2.06. The molecule has 0 aliphatic carbocycles. The number of nitrogens with one attached hydrogen (secondary N) is 1. The summed E-state index contributed by atoms with van der Waals surface area (Å²) in [6, 6.07) is 10.2. The molecule has 1 aromatic rings. The first kappa shape index (κ1) is 16.2. The Kier molecular flexibility index (Phi) is 8.15. The molecule has 0 bridgehead atoms. The average Bonchev–Trinajstić information content (AvgIpc) is 2.45. The third-order valence-corrected chi connectivity index (χ3v) is 2.65. The van der Waals surface area contributed by atoms with E-state index in [0.717, 1.165) is 31.6 Å². The van der Waals surface area contributed by atoms with Gasteiger partial charge in [-0.05, 0) is 25.3 Å². The van der Waals surface area contributed by atoms with Gasteiger partial charge in [0.05, 0.1) is 13.2 Å². The molecule has 0 saturated carbocycles. The van der Waals surface area contributed by atoms with Gasteiger partial charge in [0, 0.05) is 13.2 Å². The minimum Gasteiger partial charge on any atom is -0.377 e. The summed E-state index contributed by atoms with van der Waals surface area (Å²) in [5, 5.41) is 3.08. The zero-order valence-corrected chi connectivity index (χ0v) is 12.3. The Bertz CT molecular complexity index is 415. The monoisotopic (exact) mass is 275 g/mol. The van der Waals surface area contributed by atoms with Gasteiger partial charge in [0.15, 0.2) is 5.96 Å². The van der Waals surface area contributed by atoms with Crippen molar-refractivity contribution < 1.29 is 4.74 Å². The quantitative estimate of drug-likeness (QED) is 0.315. The van der Waals surface area contributed by atoms with Crippen LogP contribution in [0.15, 0.2) is 47.5 Å². The second kappa shape index (κ2) is 10.0. The second-order valence-electron chi connectivity index (χ2n) is 4.83.